The molecule has 8 nitrogen and oxygen atoms in total. The third-order valence-corrected chi connectivity index (χ3v) is 5.36. The first kappa shape index (κ1) is 23.1. The average Bonchev–Trinajstić information content (AvgIpc) is 2.77. The number of methoxy groups -OCH3 is 1. The molecular formula is C23H25N3O5S. The third kappa shape index (κ3) is 5.19. The lowest BCUT2D eigenvalue weighted by Crippen LogP contribution is -2.22. The molecule has 32 heavy (non-hydrogen) atoms. The van der Waals surface area contributed by atoms with E-state index in [2.05, 4.69) is 5.32 Å². The lowest BCUT2D eigenvalue weighted by molar-refractivity contribution is 0.0601. The Hall–Kier alpha value is -3.56. The van der Waals surface area contributed by atoms with Crippen molar-refractivity contribution in [2.45, 2.75) is 13.8 Å². The van der Waals surface area contributed by atoms with Crippen LogP contribution in [0.15, 0.2) is 60.7 Å². The number of hydrogen-bond acceptors (Lipinski definition) is 6. The summed E-state index contributed by atoms with van der Waals surface area (Å²) in [5.74, 6) is 0.201. The van der Waals surface area contributed by atoms with E-state index in [4.69, 9.17) is 15.2 Å². The van der Waals surface area contributed by atoms with Gasteiger partial charge in [-0.2, -0.15) is 0 Å². The van der Waals surface area contributed by atoms with Gasteiger partial charge in [0.15, 0.2) is 0 Å². The zero-order valence-corrected chi connectivity index (χ0v) is 18.8. The molecule has 0 aliphatic heterocycles. The first-order valence-corrected chi connectivity index (χ1v) is 10.9. The summed E-state index contributed by atoms with van der Waals surface area (Å²) in [4.78, 5) is 12.5. The van der Waals surface area contributed by atoms with Gasteiger partial charge in [-0.1, -0.05) is 17.7 Å². The summed E-state index contributed by atoms with van der Waals surface area (Å²) in [5.41, 5.74) is 9.01. The van der Waals surface area contributed by atoms with Crippen LogP contribution in [0.4, 0.5) is 22.7 Å². The van der Waals surface area contributed by atoms with Crippen molar-refractivity contribution in [2.24, 2.45) is 0 Å². The van der Waals surface area contributed by atoms with Crippen LogP contribution in [-0.2, 0) is 16.0 Å². The Labute approximate surface area is 189 Å². The van der Waals surface area contributed by atoms with Crippen molar-refractivity contribution in [1.82, 2.24) is 0 Å². The van der Waals surface area contributed by atoms with Crippen LogP contribution in [-0.4, -0.2) is 28.4 Å². The first-order chi connectivity index (χ1) is 15.3. The summed E-state index contributed by atoms with van der Waals surface area (Å²) in [7, 11) is 1.24. The molecule has 0 heterocycles. The molecule has 4 N–H and O–H groups in total. The van der Waals surface area contributed by atoms with Crippen molar-refractivity contribution in [3.8, 4) is 11.5 Å². The summed E-state index contributed by atoms with van der Waals surface area (Å²) in [6.07, 6.45) is 0. The fourth-order valence-electron chi connectivity index (χ4n) is 3.10. The molecule has 0 spiro atoms. The smallest absolute Gasteiger partial charge is 0.340 e. The fraction of sp³-hybridized carbons (Fsp3) is 0.174. The lowest BCUT2D eigenvalue weighted by Gasteiger charge is -2.23. The van der Waals surface area contributed by atoms with E-state index >= 15 is 0 Å². The standard InChI is InChI=1S/C23H25N3O5S/c1-4-25-21-14-18(9-11-20(21)24)31-17-10-12-22(19(13-17)23(27)30-3)26(32(28)29)16-7-5-15(2)6-8-16/h5-14,25H,4,24H2,1-3H3,(H,28,29). The van der Waals surface area contributed by atoms with Crippen molar-refractivity contribution >= 4 is 40.0 Å². The number of benzene rings is 3. The van der Waals surface area contributed by atoms with E-state index in [-0.39, 0.29) is 11.3 Å². The van der Waals surface area contributed by atoms with E-state index in [0.717, 1.165) is 15.6 Å². The highest BCUT2D eigenvalue weighted by molar-refractivity contribution is 7.81. The molecule has 1 unspecified atom stereocenters. The quantitative estimate of drug-likeness (QED) is 0.252. The molecule has 0 radical (unpaired) electrons. The third-order valence-electron chi connectivity index (χ3n) is 4.64. The number of esters is 1. The molecule has 0 saturated carbocycles. The van der Waals surface area contributed by atoms with E-state index in [1.807, 2.05) is 26.0 Å². The average molecular weight is 456 g/mol. The van der Waals surface area contributed by atoms with Crippen LogP contribution in [0.1, 0.15) is 22.8 Å². The van der Waals surface area contributed by atoms with Gasteiger partial charge in [0, 0.05) is 12.6 Å². The number of nitrogens with zero attached hydrogens (tertiary/aromatic N) is 1. The maximum Gasteiger partial charge on any atom is 0.340 e. The molecular weight excluding hydrogens is 430 g/mol. The molecule has 1 atom stereocenters. The second-order valence-corrected chi connectivity index (χ2v) is 7.74. The highest BCUT2D eigenvalue weighted by Crippen LogP contribution is 2.35. The second kappa shape index (κ2) is 10.2. The minimum Gasteiger partial charge on any atom is -0.465 e. The molecule has 3 aromatic rings. The van der Waals surface area contributed by atoms with Crippen LogP contribution in [0.25, 0.3) is 0 Å². The summed E-state index contributed by atoms with van der Waals surface area (Å²) in [6.45, 7) is 4.57. The minimum absolute atomic E-state index is 0.0790. The Kier molecular flexibility index (Phi) is 7.34. The SMILES string of the molecule is CCNc1cc(Oc2ccc(N(c3ccc(C)cc3)S(=O)O)c(C(=O)OC)c2)ccc1N. The highest BCUT2D eigenvalue weighted by atomic mass is 32.2. The van der Waals surface area contributed by atoms with Gasteiger partial charge in [0.1, 0.15) is 11.5 Å². The van der Waals surface area contributed by atoms with Gasteiger partial charge in [-0.05, 0) is 56.3 Å². The minimum atomic E-state index is -2.43. The van der Waals surface area contributed by atoms with Crippen LogP contribution >= 0.6 is 0 Å². The van der Waals surface area contributed by atoms with Crippen molar-refractivity contribution in [3.05, 3.63) is 71.8 Å². The number of nitrogens with one attached hydrogen (secondary N) is 1. The van der Waals surface area contributed by atoms with E-state index in [1.54, 1.807) is 36.4 Å². The number of carbonyl (C=O) groups is 1. The van der Waals surface area contributed by atoms with E-state index in [0.29, 0.717) is 29.4 Å². The van der Waals surface area contributed by atoms with E-state index in [1.165, 1.54) is 19.2 Å². The second-order valence-electron chi connectivity index (χ2n) is 6.91. The Morgan fingerprint density at radius 1 is 1.09 bits per heavy atom. The molecule has 0 amide bonds. The number of hydrogen-bond donors (Lipinski definition) is 3. The number of nitrogens with two attached hydrogens (primary N) is 1. The monoisotopic (exact) mass is 455 g/mol. The lowest BCUT2D eigenvalue weighted by atomic mass is 10.1. The van der Waals surface area contributed by atoms with Crippen molar-refractivity contribution in [1.29, 1.82) is 0 Å². The van der Waals surface area contributed by atoms with Crippen LogP contribution in [0.2, 0.25) is 0 Å². The predicted molar refractivity (Wildman–Crippen MR) is 127 cm³/mol. The topological polar surface area (TPSA) is 114 Å². The summed E-state index contributed by atoms with van der Waals surface area (Å²) in [5, 5.41) is 3.15. The zero-order valence-electron chi connectivity index (χ0n) is 18.0. The molecule has 0 bridgehead atoms. The number of rotatable bonds is 8. The summed E-state index contributed by atoms with van der Waals surface area (Å²) in [6, 6.07) is 16.8. The molecule has 0 aliphatic rings. The normalized spacial score (nSPS) is 11.5. The van der Waals surface area contributed by atoms with Gasteiger partial charge in [0.05, 0.1) is 35.4 Å². The summed E-state index contributed by atoms with van der Waals surface area (Å²) < 4.78 is 34.1. The molecule has 0 fully saturated rings. The fourth-order valence-corrected chi connectivity index (χ4v) is 3.73. The largest absolute Gasteiger partial charge is 0.465 e. The molecule has 0 saturated heterocycles. The van der Waals surface area contributed by atoms with Gasteiger partial charge in [-0.15, -0.1) is 0 Å². The van der Waals surface area contributed by atoms with Gasteiger partial charge < -0.3 is 20.5 Å². The number of nitrogen functional groups attached to an aromatic ring is 1. The van der Waals surface area contributed by atoms with Gasteiger partial charge in [0.2, 0.25) is 0 Å². The van der Waals surface area contributed by atoms with Crippen molar-refractivity contribution < 1.29 is 23.0 Å². The predicted octanol–water partition coefficient (Wildman–Crippen LogP) is 4.86. The Morgan fingerprint density at radius 3 is 2.38 bits per heavy atom. The Bertz CT molecular complexity index is 1130. The van der Waals surface area contributed by atoms with Gasteiger partial charge >= 0.3 is 5.97 Å². The number of carbonyl (C=O) groups excluding carboxylic acids is 1. The maximum absolute atomic E-state index is 12.5. The number of aryl methyl sites for hydroxylation is 1. The number of ether oxygens (including phenoxy) is 2. The van der Waals surface area contributed by atoms with Crippen molar-refractivity contribution in [2.75, 3.05) is 29.0 Å². The first-order valence-electron chi connectivity index (χ1n) is 9.85. The molecule has 3 rings (SSSR count). The highest BCUT2D eigenvalue weighted by Gasteiger charge is 2.23. The van der Waals surface area contributed by atoms with Crippen LogP contribution < -0.4 is 20.1 Å². The van der Waals surface area contributed by atoms with Crippen LogP contribution in [0.3, 0.4) is 0 Å². The van der Waals surface area contributed by atoms with Crippen LogP contribution in [0, 0.1) is 6.92 Å². The molecule has 0 aliphatic carbocycles. The molecule has 168 valence electrons. The Balaban J connectivity index is 2.02. The maximum atomic E-state index is 12.5. The molecule has 0 aromatic heterocycles. The molecule has 9 heteroatoms. The molecule has 3 aromatic carbocycles. The van der Waals surface area contributed by atoms with Gasteiger partial charge in [-0.25, -0.2) is 13.3 Å². The number of anilines is 4. The van der Waals surface area contributed by atoms with Gasteiger partial charge in [-0.3, -0.25) is 4.55 Å². The van der Waals surface area contributed by atoms with Crippen molar-refractivity contribution in [3.63, 3.8) is 0 Å². The van der Waals surface area contributed by atoms with E-state index < -0.39 is 17.2 Å². The Morgan fingerprint density at radius 2 is 1.75 bits per heavy atom. The summed E-state index contributed by atoms with van der Waals surface area (Å²) >= 11 is -2.43. The van der Waals surface area contributed by atoms with E-state index in [9.17, 15) is 13.6 Å². The van der Waals surface area contributed by atoms with Crippen LogP contribution in [0.5, 0.6) is 11.5 Å². The zero-order chi connectivity index (χ0) is 23.3. The van der Waals surface area contributed by atoms with Gasteiger partial charge in [0.25, 0.3) is 11.3 Å².